The highest BCUT2D eigenvalue weighted by atomic mass is 35.5. The maximum absolute atomic E-state index is 12.2. The molecule has 0 fully saturated rings. The second-order valence-corrected chi connectivity index (χ2v) is 6.37. The molecule has 0 saturated carbocycles. The molecule has 0 aliphatic rings. The van der Waals surface area contributed by atoms with E-state index in [0.29, 0.717) is 10.8 Å². The van der Waals surface area contributed by atoms with Gasteiger partial charge in [-0.3, -0.25) is 14.2 Å². The van der Waals surface area contributed by atoms with Gasteiger partial charge < -0.3 is 5.32 Å². The van der Waals surface area contributed by atoms with E-state index in [4.69, 9.17) is 11.6 Å². The summed E-state index contributed by atoms with van der Waals surface area (Å²) in [5.41, 5.74) is 2.50. The van der Waals surface area contributed by atoms with Crippen LogP contribution >= 0.6 is 11.6 Å². The van der Waals surface area contributed by atoms with Crippen LogP contribution < -0.4 is 5.32 Å². The molecule has 1 aromatic carbocycles. The third-order valence-electron chi connectivity index (χ3n) is 4.00. The predicted molar refractivity (Wildman–Crippen MR) is 102 cm³/mol. The number of amides is 1. The minimum Gasteiger partial charge on any atom is -0.309 e. The Kier molecular flexibility index (Phi) is 4.47. The zero-order valence-corrected chi connectivity index (χ0v) is 15.2. The highest BCUT2D eigenvalue weighted by Crippen LogP contribution is 2.19. The molecule has 1 amide bonds. The number of benzene rings is 1. The maximum Gasteiger partial charge on any atom is 0.247 e. The molecule has 0 bridgehead atoms. The van der Waals surface area contributed by atoms with Crippen molar-refractivity contribution in [3.63, 3.8) is 0 Å². The molecule has 4 rings (SSSR count). The van der Waals surface area contributed by atoms with Crippen LogP contribution in [0.25, 0.3) is 16.9 Å². The lowest BCUT2D eigenvalue weighted by Gasteiger charge is -2.05. The van der Waals surface area contributed by atoms with Crippen LogP contribution in [-0.4, -0.2) is 35.2 Å². The molecular formula is C18H16ClN7O. The quantitative estimate of drug-likeness (QED) is 0.576. The topological polar surface area (TPSA) is 82.6 Å². The Bertz CT molecular complexity index is 1080. The molecule has 4 aromatic rings. The number of aromatic nitrogens is 6. The van der Waals surface area contributed by atoms with E-state index in [2.05, 4.69) is 20.6 Å². The summed E-state index contributed by atoms with van der Waals surface area (Å²) in [5.74, 6) is 0.460. The van der Waals surface area contributed by atoms with Gasteiger partial charge in [0, 0.05) is 36.1 Å². The van der Waals surface area contributed by atoms with Gasteiger partial charge in [-0.25, -0.2) is 4.68 Å². The first-order valence-electron chi connectivity index (χ1n) is 8.21. The van der Waals surface area contributed by atoms with Gasteiger partial charge >= 0.3 is 0 Å². The van der Waals surface area contributed by atoms with Gasteiger partial charge in [-0.15, -0.1) is 0 Å². The van der Waals surface area contributed by atoms with Crippen LogP contribution in [0, 0.1) is 0 Å². The first-order chi connectivity index (χ1) is 13.1. The van der Waals surface area contributed by atoms with Gasteiger partial charge in [0.2, 0.25) is 5.91 Å². The van der Waals surface area contributed by atoms with Crippen molar-refractivity contribution in [2.45, 2.75) is 6.54 Å². The van der Waals surface area contributed by atoms with Crippen molar-refractivity contribution < 1.29 is 4.79 Å². The summed E-state index contributed by atoms with van der Waals surface area (Å²) in [6.07, 6.45) is 7.00. The predicted octanol–water partition coefficient (Wildman–Crippen LogP) is 2.76. The molecular weight excluding hydrogens is 366 g/mol. The summed E-state index contributed by atoms with van der Waals surface area (Å²) in [5, 5.41) is 16.3. The monoisotopic (exact) mass is 381 g/mol. The first-order valence-corrected chi connectivity index (χ1v) is 8.58. The second-order valence-electron chi connectivity index (χ2n) is 5.94. The zero-order chi connectivity index (χ0) is 18.8. The van der Waals surface area contributed by atoms with E-state index in [1.165, 1.54) is 0 Å². The fraction of sp³-hybridized carbons (Fsp3) is 0.111. The van der Waals surface area contributed by atoms with Crippen molar-refractivity contribution in [3.8, 4) is 16.9 Å². The Morgan fingerprint density at radius 3 is 2.70 bits per heavy atom. The lowest BCUT2D eigenvalue weighted by molar-refractivity contribution is -0.116. The Hall–Kier alpha value is -3.39. The van der Waals surface area contributed by atoms with Crippen LogP contribution in [0.15, 0.2) is 61.2 Å². The van der Waals surface area contributed by atoms with E-state index in [-0.39, 0.29) is 12.5 Å². The lowest BCUT2D eigenvalue weighted by Crippen LogP contribution is -2.20. The van der Waals surface area contributed by atoms with Crippen LogP contribution in [0.2, 0.25) is 5.02 Å². The summed E-state index contributed by atoms with van der Waals surface area (Å²) in [7, 11) is 1.76. The first kappa shape index (κ1) is 17.0. The largest absolute Gasteiger partial charge is 0.309 e. The summed E-state index contributed by atoms with van der Waals surface area (Å²) in [4.78, 5) is 12.2. The van der Waals surface area contributed by atoms with E-state index in [0.717, 1.165) is 16.9 Å². The number of hydrogen-bond donors (Lipinski definition) is 1. The Balaban J connectivity index is 1.45. The standard InChI is InChI=1S/C18H16ClN7O/c1-24-17(6-8-20-24)22-18(27)12-25-9-7-16(23-25)13-10-21-26(11-13)15-4-2-14(19)3-5-15/h2-11H,12H2,1H3,(H,22,27). The molecule has 27 heavy (non-hydrogen) atoms. The number of anilines is 1. The number of halogens is 1. The molecule has 0 radical (unpaired) electrons. The summed E-state index contributed by atoms with van der Waals surface area (Å²) >= 11 is 5.92. The van der Waals surface area contributed by atoms with E-state index < -0.39 is 0 Å². The molecule has 3 aromatic heterocycles. The molecule has 1 N–H and O–H groups in total. The third kappa shape index (κ3) is 3.75. The summed E-state index contributed by atoms with van der Waals surface area (Å²) in [6, 6.07) is 11.0. The fourth-order valence-corrected chi connectivity index (χ4v) is 2.75. The van der Waals surface area contributed by atoms with E-state index >= 15 is 0 Å². The smallest absolute Gasteiger partial charge is 0.247 e. The molecule has 0 aliphatic heterocycles. The SMILES string of the molecule is Cn1nccc1NC(=O)Cn1ccc(-c2cnn(-c3ccc(Cl)cc3)c2)n1. The van der Waals surface area contributed by atoms with Crippen molar-refractivity contribution in [2.24, 2.45) is 7.05 Å². The molecule has 0 unspecified atom stereocenters. The number of aryl methyl sites for hydroxylation is 1. The molecule has 8 nitrogen and oxygen atoms in total. The average molecular weight is 382 g/mol. The number of carbonyl (C=O) groups excluding carboxylic acids is 1. The third-order valence-corrected chi connectivity index (χ3v) is 4.26. The van der Waals surface area contributed by atoms with Gasteiger partial charge in [0.05, 0.1) is 23.8 Å². The molecule has 0 saturated heterocycles. The Morgan fingerprint density at radius 1 is 1.15 bits per heavy atom. The Labute approximate surface area is 160 Å². The number of carbonyl (C=O) groups is 1. The van der Waals surface area contributed by atoms with Crippen LogP contribution in [0.4, 0.5) is 5.82 Å². The highest BCUT2D eigenvalue weighted by Gasteiger charge is 2.10. The van der Waals surface area contributed by atoms with Crippen LogP contribution in [0.5, 0.6) is 0 Å². The van der Waals surface area contributed by atoms with E-state index in [9.17, 15) is 4.79 Å². The van der Waals surface area contributed by atoms with Crippen LogP contribution in [-0.2, 0) is 18.4 Å². The molecule has 0 aliphatic carbocycles. The molecule has 136 valence electrons. The number of nitrogens with zero attached hydrogens (tertiary/aromatic N) is 6. The normalized spacial score (nSPS) is 10.9. The molecule has 3 heterocycles. The van der Waals surface area contributed by atoms with Gasteiger partial charge in [-0.2, -0.15) is 15.3 Å². The summed E-state index contributed by atoms with van der Waals surface area (Å²) in [6.45, 7) is 0.108. The zero-order valence-electron chi connectivity index (χ0n) is 14.5. The van der Waals surface area contributed by atoms with Gasteiger partial charge in [-0.05, 0) is 30.3 Å². The summed E-state index contributed by atoms with van der Waals surface area (Å²) < 4.78 is 4.93. The van der Waals surface area contributed by atoms with Crippen molar-refractivity contribution in [1.82, 2.24) is 29.3 Å². The second kappa shape index (κ2) is 7.08. The maximum atomic E-state index is 12.2. The van der Waals surface area contributed by atoms with Crippen molar-refractivity contribution in [2.75, 3.05) is 5.32 Å². The van der Waals surface area contributed by atoms with Crippen molar-refractivity contribution >= 4 is 23.3 Å². The Morgan fingerprint density at radius 2 is 1.96 bits per heavy atom. The van der Waals surface area contributed by atoms with Crippen LogP contribution in [0.1, 0.15) is 0 Å². The molecule has 0 atom stereocenters. The molecule has 0 spiro atoms. The number of rotatable bonds is 5. The fourth-order valence-electron chi connectivity index (χ4n) is 2.62. The minimum absolute atomic E-state index is 0.108. The van der Waals surface area contributed by atoms with E-state index in [1.54, 1.807) is 45.7 Å². The van der Waals surface area contributed by atoms with Crippen molar-refractivity contribution in [3.05, 3.63) is 66.2 Å². The van der Waals surface area contributed by atoms with Gasteiger partial charge in [0.25, 0.3) is 0 Å². The van der Waals surface area contributed by atoms with Gasteiger partial charge in [0.15, 0.2) is 0 Å². The van der Waals surface area contributed by atoms with Crippen LogP contribution in [0.3, 0.4) is 0 Å². The highest BCUT2D eigenvalue weighted by molar-refractivity contribution is 6.30. The van der Waals surface area contributed by atoms with E-state index in [1.807, 2.05) is 36.5 Å². The van der Waals surface area contributed by atoms with Gasteiger partial charge in [0.1, 0.15) is 12.4 Å². The van der Waals surface area contributed by atoms with Crippen molar-refractivity contribution in [1.29, 1.82) is 0 Å². The lowest BCUT2D eigenvalue weighted by atomic mass is 10.2. The minimum atomic E-state index is -0.176. The average Bonchev–Trinajstić information content (AvgIpc) is 3.38. The number of nitrogens with one attached hydrogen (secondary N) is 1. The van der Waals surface area contributed by atoms with Gasteiger partial charge in [-0.1, -0.05) is 11.6 Å². The number of hydrogen-bond acceptors (Lipinski definition) is 4. The molecule has 9 heteroatoms.